The van der Waals surface area contributed by atoms with E-state index in [1.807, 2.05) is 19.1 Å². The summed E-state index contributed by atoms with van der Waals surface area (Å²) >= 11 is 5.90. The van der Waals surface area contributed by atoms with Crippen LogP contribution < -0.4 is 16.0 Å². The van der Waals surface area contributed by atoms with Gasteiger partial charge in [0.25, 0.3) is 5.91 Å². The summed E-state index contributed by atoms with van der Waals surface area (Å²) in [5.41, 5.74) is 0.0329. The highest BCUT2D eigenvalue weighted by Gasteiger charge is 2.44. The summed E-state index contributed by atoms with van der Waals surface area (Å²) in [5, 5.41) is 17.7. The van der Waals surface area contributed by atoms with Crippen molar-refractivity contribution in [2.45, 2.75) is 18.5 Å². The molecule has 1 aromatic carbocycles. The van der Waals surface area contributed by atoms with Gasteiger partial charge >= 0.3 is 6.09 Å². The lowest BCUT2D eigenvalue weighted by Gasteiger charge is -2.32. The lowest BCUT2D eigenvalue weighted by atomic mass is 9.89. The van der Waals surface area contributed by atoms with Crippen LogP contribution in [0.1, 0.15) is 24.1 Å². The fourth-order valence-electron chi connectivity index (χ4n) is 2.87. The van der Waals surface area contributed by atoms with Crippen LogP contribution in [0.15, 0.2) is 41.5 Å². The SMILES string of the molecule is CC(NC(=O)C1(CNC(=O)O)N=CNc2[nH]ccc21)c1ccc(Cl)cc1. The number of aliphatic imine (C=N–C) groups is 1. The number of fused-ring (bicyclic) bond motifs is 1. The van der Waals surface area contributed by atoms with E-state index in [-0.39, 0.29) is 12.6 Å². The molecule has 5 N–H and O–H groups in total. The average Bonchev–Trinajstić information content (AvgIpc) is 3.10. The highest BCUT2D eigenvalue weighted by atomic mass is 35.5. The minimum Gasteiger partial charge on any atom is -0.465 e. The van der Waals surface area contributed by atoms with Crippen LogP contribution in [0.2, 0.25) is 5.02 Å². The van der Waals surface area contributed by atoms with Gasteiger partial charge in [-0.3, -0.25) is 9.79 Å². The fourth-order valence-corrected chi connectivity index (χ4v) is 2.99. The molecule has 2 heterocycles. The van der Waals surface area contributed by atoms with Crippen molar-refractivity contribution in [1.82, 2.24) is 15.6 Å². The summed E-state index contributed by atoms with van der Waals surface area (Å²) in [6.45, 7) is 1.65. The molecule has 2 atom stereocenters. The molecule has 0 bridgehead atoms. The number of aromatic amines is 1. The fraction of sp³-hybridized carbons (Fsp3) is 0.235. The molecule has 1 aliphatic heterocycles. The molecule has 1 aliphatic rings. The van der Waals surface area contributed by atoms with Crippen molar-refractivity contribution in [3.8, 4) is 0 Å². The van der Waals surface area contributed by atoms with Gasteiger partial charge < -0.3 is 26.0 Å². The Morgan fingerprint density at radius 1 is 1.31 bits per heavy atom. The van der Waals surface area contributed by atoms with Gasteiger partial charge in [-0.2, -0.15) is 0 Å². The number of carbonyl (C=O) groups is 2. The summed E-state index contributed by atoms with van der Waals surface area (Å²) in [5.74, 6) is 0.189. The maximum atomic E-state index is 13.1. The average molecular weight is 376 g/mol. The number of hydrogen-bond acceptors (Lipinski definition) is 4. The lowest BCUT2D eigenvalue weighted by molar-refractivity contribution is -0.127. The summed E-state index contributed by atoms with van der Waals surface area (Å²) in [7, 11) is 0. The number of H-pyrrole nitrogens is 1. The van der Waals surface area contributed by atoms with E-state index in [0.717, 1.165) is 5.56 Å². The van der Waals surface area contributed by atoms with Crippen molar-refractivity contribution in [2.75, 3.05) is 11.9 Å². The largest absolute Gasteiger partial charge is 0.465 e. The van der Waals surface area contributed by atoms with Crippen LogP contribution in [-0.4, -0.2) is 35.0 Å². The van der Waals surface area contributed by atoms with Gasteiger partial charge in [-0.25, -0.2) is 4.79 Å². The number of nitrogens with zero attached hydrogens (tertiary/aromatic N) is 1. The standard InChI is InChI=1S/C17H18ClN5O3/c1-10(11-2-4-12(18)5-3-11)23-15(24)17(8-20-16(25)26)13-6-7-19-14(13)21-9-22-17/h2-7,9-10,19-20H,8H2,1H3,(H,21,22)(H,23,24)(H,25,26). The van der Waals surface area contributed by atoms with Crippen LogP contribution in [0, 0.1) is 0 Å². The third-order valence-corrected chi connectivity index (χ3v) is 4.53. The number of benzene rings is 1. The van der Waals surface area contributed by atoms with Crippen molar-refractivity contribution < 1.29 is 14.7 Å². The molecule has 9 heteroatoms. The Morgan fingerprint density at radius 2 is 2.04 bits per heavy atom. The zero-order chi connectivity index (χ0) is 18.7. The molecule has 3 rings (SSSR count). The quantitative estimate of drug-likeness (QED) is 0.551. The Hall–Kier alpha value is -3.00. The van der Waals surface area contributed by atoms with Gasteiger partial charge in [-0.1, -0.05) is 23.7 Å². The maximum absolute atomic E-state index is 13.1. The van der Waals surface area contributed by atoms with Crippen LogP contribution in [0.3, 0.4) is 0 Å². The van der Waals surface area contributed by atoms with Crippen molar-refractivity contribution in [2.24, 2.45) is 4.99 Å². The topological polar surface area (TPSA) is 119 Å². The highest BCUT2D eigenvalue weighted by molar-refractivity contribution is 6.30. The van der Waals surface area contributed by atoms with Crippen LogP contribution in [-0.2, 0) is 10.3 Å². The molecular formula is C17H18ClN5O3. The first-order chi connectivity index (χ1) is 12.4. The number of carboxylic acid groups (broad SMARTS) is 1. The van der Waals surface area contributed by atoms with E-state index in [4.69, 9.17) is 16.7 Å². The molecule has 2 amide bonds. The van der Waals surface area contributed by atoms with Crippen LogP contribution in [0.25, 0.3) is 0 Å². The number of aromatic nitrogens is 1. The van der Waals surface area contributed by atoms with E-state index in [1.165, 1.54) is 6.34 Å². The molecule has 0 radical (unpaired) electrons. The molecule has 2 unspecified atom stereocenters. The Labute approximate surface area is 154 Å². The molecule has 2 aromatic rings. The van der Waals surface area contributed by atoms with Gasteiger partial charge in [0.05, 0.1) is 18.9 Å². The maximum Gasteiger partial charge on any atom is 0.404 e. The van der Waals surface area contributed by atoms with Crippen molar-refractivity contribution in [3.63, 3.8) is 0 Å². The van der Waals surface area contributed by atoms with Crippen molar-refractivity contribution >= 4 is 35.8 Å². The van der Waals surface area contributed by atoms with E-state index < -0.39 is 17.5 Å². The smallest absolute Gasteiger partial charge is 0.404 e. The first kappa shape index (κ1) is 17.8. The number of amides is 2. The summed E-state index contributed by atoms with van der Waals surface area (Å²) in [6, 6.07) is 8.53. The molecule has 1 aromatic heterocycles. The number of anilines is 1. The number of nitrogens with one attached hydrogen (secondary N) is 4. The van der Waals surface area contributed by atoms with Gasteiger partial charge in [0.1, 0.15) is 5.82 Å². The molecule has 136 valence electrons. The van der Waals surface area contributed by atoms with E-state index in [9.17, 15) is 9.59 Å². The molecule has 8 nitrogen and oxygen atoms in total. The first-order valence-corrected chi connectivity index (χ1v) is 8.31. The minimum atomic E-state index is -1.40. The second kappa shape index (κ2) is 7.09. The van der Waals surface area contributed by atoms with Gasteiger partial charge in [0.15, 0.2) is 5.54 Å². The molecule has 26 heavy (non-hydrogen) atoms. The Balaban J connectivity index is 1.88. The molecule has 0 aliphatic carbocycles. The molecule has 0 saturated heterocycles. The van der Waals surface area contributed by atoms with Crippen molar-refractivity contribution in [1.29, 1.82) is 0 Å². The Kier molecular flexibility index (Phi) is 4.85. The van der Waals surface area contributed by atoms with Crippen LogP contribution >= 0.6 is 11.6 Å². The number of halogens is 1. The normalized spacial score (nSPS) is 19.2. The third-order valence-electron chi connectivity index (χ3n) is 4.28. The highest BCUT2D eigenvalue weighted by Crippen LogP contribution is 2.34. The molecular weight excluding hydrogens is 358 g/mol. The zero-order valence-electron chi connectivity index (χ0n) is 13.9. The second-order valence-corrected chi connectivity index (χ2v) is 6.37. The number of carbonyl (C=O) groups excluding carboxylic acids is 1. The van der Waals surface area contributed by atoms with E-state index >= 15 is 0 Å². The monoisotopic (exact) mass is 375 g/mol. The minimum absolute atomic E-state index is 0.190. The lowest BCUT2D eigenvalue weighted by Crippen LogP contribution is -2.52. The first-order valence-electron chi connectivity index (χ1n) is 7.94. The second-order valence-electron chi connectivity index (χ2n) is 5.93. The predicted molar refractivity (Wildman–Crippen MR) is 98.6 cm³/mol. The van der Waals surface area contributed by atoms with E-state index in [0.29, 0.717) is 16.4 Å². The number of rotatable bonds is 5. The van der Waals surface area contributed by atoms with E-state index in [2.05, 4.69) is 25.9 Å². The summed E-state index contributed by atoms with van der Waals surface area (Å²) in [6.07, 6.45) is 1.82. The zero-order valence-corrected chi connectivity index (χ0v) is 14.7. The Bertz CT molecular complexity index is 848. The van der Waals surface area contributed by atoms with E-state index in [1.54, 1.807) is 24.4 Å². The third kappa shape index (κ3) is 3.36. The molecule has 0 spiro atoms. The molecule has 0 saturated carbocycles. The van der Waals surface area contributed by atoms with Crippen LogP contribution in [0.4, 0.5) is 10.6 Å². The summed E-state index contributed by atoms with van der Waals surface area (Å²) in [4.78, 5) is 31.4. The molecule has 0 fully saturated rings. The van der Waals surface area contributed by atoms with Crippen molar-refractivity contribution in [3.05, 3.63) is 52.7 Å². The van der Waals surface area contributed by atoms with Crippen LogP contribution in [0.5, 0.6) is 0 Å². The summed E-state index contributed by atoms with van der Waals surface area (Å²) < 4.78 is 0. The predicted octanol–water partition coefficient (Wildman–Crippen LogP) is 2.46. The van der Waals surface area contributed by atoms with Gasteiger partial charge in [0.2, 0.25) is 0 Å². The number of hydrogen-bond donors (Lipinski definition) is 5. The van der Waals surface area contributed by atoms with Gasteiger partial charge in [-0.05, 0) is 30.7 Å². The Morgan fingerprint density at radius 3 is 2.73 bits per heavy atom. The van der Waals surface area contributed by atoms with Gasteiger partial charge in [-0.15, -0.1) is 0 Å². The van der Waals surface area contributed by atoms with Gasteiger partial charge in [0, 0.05) is 16.8 Å².